The van der Waals surface area contributed by atoms with E-state index in [1.54, 1.807) is 6.08 Å². The molecule has 0 aliphatic carbocycles. The molecule has 2 aliphatic heterocycles. The van der Waals surface area contributed by atoms with Crippen LogP contribution in [0.4, 0.5) is 5.69 Å². The summed E-state index contributed by atoms with van der Waals surface area (Å²) in [5.41, 5.74) is 3.66. The van der Waals surface area contributed by atoms with Crippen molar-refractivity contribution in [2.24, 2.45) is 0 Å². The Morgan fingerprint density at radius 2 is 1.88 bits per heavy atom. The predicted molar refractivity (Wildman–Crippen MR) is 121 cm³/mol. The van der Waals surface area contributed by atoms with Crippen molar-refractivity contribution in [1.29, 1.82) is 0 Å². The molecule has 3 rings (SSSR count). The van der Waals surface area contributed by atoms with E-state index in [-0.39, 0.29) is 25.2 Å². The van der Waals surface area contributed by atoms with Crippen molar-refractivity contribution in [2.75, 3.05) is 11.4 Å². The molecule has 7 heteroatoms. The molecule has 166 valence electrons. The van der Waals surface area contributed by atoms with Crippen molar-refractivity contribution in [3.05, 3.63) is 65.8 Å². The standard InChI is InChI=1S/C20H21NO.C5H5NO4/c1-4-9-18-15-21(20(22)10-5-2)19-12-8-7-11-17(19)14-13-16(18)6-3;7-3-10-6-4(8)1-2-5(6)9/h4,6-9,11-12H,3,5,10,15H2,1-2H3;3H,1-2H2/b9-4-,18-16-;. The molecule has 0 atom stereocenters. The smallest absolute Gasteiger partial charge is 0.321 e. The number of para-hydroxylation sites is 1. The monoisotopic (exact) mass is 434 g/mol. The second-order valence-corrected chi connectivity index (χ2v) is 6.92. The third kappa shape index (κ3) is 6.05. The highest BCUT2D eigenvalue weighted by Gasteiger charge is 2.30. The Bertz CT molecular complexity index is 1010. The highest BCUT2D eigenvalue weighted by Crippen LogP contribution is 2.25. The van der Waals surface area contributed by atoms with Gasteiger partial charge in [0.2, 0.25) is 5.91 Å². The quantitative estimate of drug-likeness (QED) is 0.389. The number of nitrogens with zero attached hydrogens (tertiary/aromatic N) is 2. The summed E-state index contributed by atoms with van der Waals surface area (Å²) in [6, 6.07) is 7.81. The van der Waals surface area contributed by atoms with E-state index < -0.39 is 11.8 Å². The largest absolute Gasteiger partial charge is 0.334 e. The molecule has 0 saturated carbocycles. The van der Waals surface area contributed by atoms with Gasteiger partial charge in [-0.2, -0.15) is 0 Å². The van der Waals surface area contributed by atoms with E-state index >= 15 is 0 Å². The van der Waals surface area contributed by atoms with Crippen LogP contribution in [0.5, 0.6) is 0 Å². The number of allylic oxidation sites excluding steroid dienone is 3. The van der Waals surface area contributed by atoms with E-state index in [0.29, 0.717) is 18.0 Å². The number of imide groups is 1. The third-order valence-electron chi connectivity index (χ3n) is 4.69. The summed E-state index contributed by atoms with van der Waals surface area (Å²) in [6.07, 6.45) is 7.37. The molecular weight excluding hydrogens is 408 g/mol. The van der Waals surface area contributed by atoms with Crippen LogP contribution in [-0.2, 0) is 24.0 Å². The average molecular weight is 434 g/mol. The third-order valence-corrected chi connectivity index (χ3v) is 4.69. The Labute approximate surface area is 188 Å². The van der Waals surface area contributed by atoms with Gasteiger partial charge in [0.1, 0.15) is 0 Å². The first-order chi connectivity index (χ1) is 15.5. The molecule has 2 heterocycles. The summed E-state index contributed by atoms with van der Waals surface area (Å²) >= 11 is 0. The van der Waals surface area contributed by atoms with E-state index in [1.165, 1.54) is 0 Å². The lowest BCUT2D eigenvalue weighted by molar-refractivity contribution is -0.188. The molecule has 32 heavy (non-hydrogen) atoms. The van der Waals surface area contributed by atoms with Crippen LogP contribution in [0, 0.1) is 11.8 Å². The van der Waals surface area contributed by atoms with Crippen LogP contribution in [0.2, 0.25) is 0 Å². The molecule has 1 aromatic carbocycles. The van der Waals surface area contributed by atoms with E-state index in [1.807, 2.05) is 55.2 Å². The molecular formula is C25H26N2O5. The molecule has 3 amide bonds. The van der Waals surface area contributed by atoms with Gasteiger partial charge in [0, 0.05) is 30.4 Å². The first kappa shape index (κ1) is 24.4. The van der Waals surface area contributed by atoms with Gasteiger partial charge in [0.25, 0.3) is 11.8 Å². The van der Waals surface area contributed by atoms with Crippen LogP contribution in [0.3, 0.4) is 0 Å². The van der Waals surface area contributed by atoms with Crippen molar-refractivity contribution in [2.45, 2.75) is 39.5 Å². The van der Waals surface area contributed by atoms with Crippen molar-refractivity contribution < 1.29 is 24.0 Å². The minimum Gasteiger partial charge on any atom is -0.334 e. The Balaban J connectivity index is 0.000000303. The number of anilines is 1. The van der Waals surface area contributed by atoms with Gasteiger partial charge in [0.05, 0.1) is 12.2 Å². The number of benzene rings is 1. The fourth-order valence-corrected chi connectivity index (χ4v) is 3.18. The first-order valence-corrected chi connectivity index (χ1v) is 10.3. The summed E-state index contributed by atoms with van der Waals surface area (Å²) < 4.78 is 0. The fourth-order valence-electron chi connectivity index (χ4n) is 3.18. The molecule has 1 aromatic rings. The van der Waals surface area contributed by atoms with Crippen LogP contribution in [0.15, 0.2) is 60.2 Å². The van der Waals surface area contributed by atoms with E-state index in [2.05, 4.69) is 23.3 Å². The summed E-state index contributed by atoms with van der Waals surface area (Å²) in [7, 11) is 0. The summed E-state index contributed by atoms with van der Waals surface area (Å²) in [5.74, 6) is 5.56. The lowest BCUT2D eigenvalue weighted by Crippen LogP contribution is -2.33. The van der Waals surface area contributed by atoms with Crippen LogP contribution >= 0.6 is 0 Å². The average Bonchev–Trinajstić information content (AvgIpc) is 3.09. The summed E-state index contributed by atoms with van der Waals surface area (Å²) in [6.45, 7) is 8.42. The molecule has 0 radical (unpaired) electrons. The normalized spacial score (nSPS) is 17.4. The zero-order valence-electron chi connectivity index (χ0n) is 18.3. The second kappa shape index (κ2) is 12.1. The SMILES string of the molecule is C=C/C1=C(\C=C/C)CN(C(=O)CCC)c2ccccc2C#C1.O=CON1C(=O)CCC1=O. The minimum absolute atomic E-state index is 0.0567. The zero-order chi connectivity index (χ0) is 23.5. The zero-order valence-corrected chi connectivity index (χ0v) is 18.3. The number of carbonyl (C=O) groups excluding carboxylic acids is 4. The van der Waals surface area contributed by atoms with Crippen molar-refractivity contribution in [3.8, 4) is 11.8 Å². The number of rotatable bonds is 6. The van der Waals surface area contributed by atoms with Gasteiger partial charge in [-0.1, -0.05) is 55.7 Å². The topological polar surface area (TPSA) is 84.0 Å². The Morgan fingerprint density at radius 1 is 1.19 bits per heavy atom. The highest BCUT2D eigenvalue weighted by atomic mass is 16.7. The van der Waals surface area contributed by atoms with Gasteiger partial charge < -0.3 is 9.74 Å². The van der Waals surface area contributed by atoms with Crippen molar-refractivity contribution in [3.63, 3.8) is 0 Å². The molecule has 0 N–H and O–H groups in total. The van der Waals surface area contributed by atoms with Crippen LogP contribution in [0.1, 0.15) is 45.1 Å². The van der Waals surface area contributed by atoms with Crippen LogP contribution < -0.4 is 4.90 Å². The summed E-state index contributed by atoms with van der Waals surface area (Å²) in [5, 5.41) is 0.479. The lowest BCUT2D eigenvalue weighted by atomic mass is 10.0. The molecule has 1 fully saturated rings. The van der Waals surface area contributed by atoms with Crippen LogP contribution in [-0.4, -0.2) is 35.8 Å². The number of hydroxylamine groups is 2. The number of hydrogen-bond donors (Lipinski definition) is 0. The maximum absolute atomic E-state index is 12.6. The lowest BCUT2D eigenvalue weighted by Gasteiger charge is -2.26. The van der Waals surface area contributed by atoms with Gasteiger partial charge in [-0.25, -0.2) is 0 Å². The van der Waals surface area contributed by atoms with Crippen molar-refractivity contribution in [1.82, 2.24) is 5.06 Å². The number of fused-ring (bicyclic) bond motifs is 1. The van der Waals surface area contributed by atoms with Gasteiger partial charge in [-0.3, -0.25) is 19.2 Å². The molecule has 0 unspecified atom stereocenters. The Hall–Kier alpha value is -3.92. The molecule has 1 saturated heterocycles. The minimum atomic E-state index is -0.461. The van der Waals surface area contributed by atoms with Gasteiger partial charge in [-0.05, 0) is 31.1 Å². The highest BCUT2D eigenvalue weighted by molar-refractivity contribution is 6.01. The van der Waals surface area contributed by atoms with E-state index in [4.69, 9.17) is 0 Å². The second-order valence-electron chi connectivity index (χ2n) is 6.92. The molecule has 0 aromatic heterocycles. The number of carbonyl (C=O) groups is 4. The van der Waals surface area contributed by atoms with E-state index in [0.717, 1.165) is 28.8 Å². The fraction of sp³-hybridized carbons (Fsp3) is 0.280. The maximum atomic E-state index is 12.6. The van der Waals surface area contributed by atoms with Gasteiger partial charge in [0.15, 0.2) is 0 Å². The molecule has 2 aliphatic rings. The Kier molecular flexibility index (Phi) is 9.18. The summed E-state index contributed by atoms with van der Waals surface area (Å²) in [4.78, 5) is 49.4. The molecule has 0 bridgehead atoms. The number of hydrogen-bond acceptors (Lipinski definition) is 5. The molecule has 7 nitrogen and oxygen atoms in total. The van der Waals surface area contributed by atoms with Gasteiger partial charge in [-0.15, -0.1) is 5.06 Å². The molecule has 0 spiro atoms. The maximum Gasteiger partial charge on any atom is 0.321 e. The first-order valence-electron chi connectivity index (χ1n) is 10.3. The van der Waals surface area contributed by atoms with Crippen LogP contribution in [0.25, 0.3) is 0 Å². The van der Waals surface area contributed by atoms with E-state index in [9.17, 15) is 19.2 Å². The number of amides is 3. The van der Waals surface area contributed by atoms with Gasteiger partial charge >= 0.3 is 6.47 Å². The van der Waals surface area contributed by atoms with Crippen molar-refractivity contribution >= 4 is 29.9 Å². The Morgan fingerprint density at radius 3 is 2.47 bits per heavy atom. The predicted octanol–water partition coefficient (Wildman–Crippen LogP) is 3.47.